The van der Waals surface area contributed by atoms with E-state index in [1.807, 2.05) is 23.5 Å². The normalized spacial score (nSPS) is 15.9. The lowest BCUT2D eigenvalue weighted by Gasteiger charge is -2.37. The summed E-state index contributed by atoms with van der Waals surface area (Å²) in [4.78, 5) is 14.0. The second kappa shape index (κ2) is 6.32. The van der Waals surface area contributed by atoms with Crippen molar-refractivity contribution in [3.8, 4) is 11.4 Å². The molecule has 0 amide bonds. The fraction of sp³-hybridized carbons (Fsp3) is 0.348. The summed E-state index contributed by atoms with van der Waals surface area (Å²) in [6.07, 6.45) is 4.09. The van der Waals surface area contributed by atoms with Gasteiger partial charge in [-0.05, 0) is 61.9 Å². The van der Waals surface area contributed by atoms with Gasteiger partial charge in [0.25, 0.3) is 0 Å². The highest BCUT2D eigenvalue weighted by Crippen LogP contribution is 2.42. The van der Waals surface area contributed by atoms with E-state index in [4.69, 9.17) is 4.98 Å². The molecule has 1 N–H and O–H groups in total. The van der Waals surface area contributed by atoms with Crippen molar-refractivity contribution in [1.82, 2.24) is 19.4 Å². The molecule has 1 aliphatic carbocycles. The molecule has 1 aromatic carbocycles. The SMILES string of the molecule is Cc1nc2ccc(C(C)C)nc2n2c(-c3cc(C4(O)CCC4)ccc3F)ncc12. The number of nitrogens with zero attached hydrogens (tertiary/aromatic N) is 4. The number of fused-ring (bicyclic) bond motifs is 3. The monoisotopic (exact) mass is 390 g/mol. The van der Waals surface area contributed by atoms with Gasteiger partial charge in [0.15, 0.2) is 5.65 Å². The molecule has 5 nitrogen and oxygen atoms in total. The Morgan fingerprint density at radius 1 is 1.14 bits per heavy atom. The first kappa shape index (κ1) is 18.2. The van der Waals surface area contributed by atoms with Gasteiger partial charge in [0.2, 0.25) is 0 Å². The Morgan fingerprint density at radius 3 is 2.62 bits per heavy atom. The van der Waals surface area contributed by atoms with Crippen LogP contribution in [0.1, 0.15) is 56.0 Å². The van der Waals surface area contributed by atoms with Gasteiger partial charge >= 0.3 is 0 Å². The van der Waals surface area contributed by atoms with Gasteiger partial charge in [-0.25, -0.2) is 19.3 Å². The Hall–Kier alpha value is -2.86. The molecule has 1 saturated carbocycles. The summed E-state index contributed by atoms with van der Waals surface area (Å²) < 4.78 is 16.8. The van der Waals surface area contributed by atoms with E-state index in [2.05, 4.69) is 23.8 Å². The molecular formula is C23H23FN4O. The lowest BCUT2D eigenvalue weighted by Crippen LogP contribution is -2.33. The minimum Gasteiger partial charge on any atom is -0.385 e. The third kappa shape index (κ3) is 2.74. The first-order chi connectivity index (χ1) is 13.9. The van der Waals surface area contributed by atoms with Crippen molar-refractivity contribution < 1.29 is 9.50 Å². The van der Waals surface area contributed by atoms with Crippen LogP contribution < -0.4 is 0 Å². The molecule has 1 aliphatic rings. The fourth-order valence-electron chi connectivity index (χ4n) is 4.06. The molecule has 6 heteroatoms. The number of aryl methyl sites for hydroxylation is 1. The van der Waals surface area contributed by atoms with E-state index in [0.717, 1.165) is 34.4 Å². The molecule has 3 aromatic heterocycles. The van der Waals surface area contributed by atoms with Crippen molar-refractivity contribution in [2.45, 2.75) is 51.6 Å². The van der Waals surface area contributed by atoms with Crippen molar-refractivity contribution in [2.75, 3.05) is 0 Å². The summed E-state index contributed by atoms with van der Waals surface area (Å²) in [5.41, 5.74) is 4.20. The Labute approximate surface area is 168 Å². The zero-order valence-corrected chi connectivity index (χ0v) is 16.8. The molecule has 0 atom stereocenters. The summed E-state index contributed by atoms with van der Waals surface area (Å²) in [6, 6.07) is 8.77. The number of rotatable bonds is 3. The van der Waals surface area contributed by atoms with Crippen molar-refractivity contribution >= 4 is 16.7 Å². The van der Waals surface area contributed by atoms with E-state index in [9.17, 15) is 9.50 Å². The predicted molar refractivity (Wildman–Crippen MR) is 110 cm³/mol. The van der Waals surface area contributed by atoms with E-state index >= 15 is 0 Å². The molecule has 0 saturated heterocycles. The minimum absolute atomic E-state index is 0.260. The largest absolute Gasteiger partial charge is 0.385 e. The summed E-state index contributed by atoms with van der Waals surface area (Å²) in [6.45, 7) is 6.09. The maximum absolute atomic E-state index is 14.9. The first-order valence-corrected chi connectivity index (χ1v) is 10.0. The minimum atomic E-state index is -0.863. The van der Waals surface area contributed by atoms with E-state index in [1.165, 1.54) is 6.07 Å². The highest BCUT2D eigenvalue weighted by atomic mass is 19.1. The van der Waals surface area contributed by atoms with Gasteiger partial charge in [-0.3, -0.25) is 4.40 Å². The maximum atomic E-state index is 14.9. The van der Waals surface area contributed by atoms with Gasteiger partial charge < -0.3 is 5.11 Å². The molecule has 4 aromatic rings. The lowest BCUT2D eigenvalue weighted by molar-refractivity contribution is -0.0387. The molecular weight excluding hydrogens is 367 g/mol. The average Bonchev–Trinajstić information content (AvgIpc) is 3.12. The number of hydrogen-bond donors (Lipinski definition) is 1. The van der Waals surface area contributed by atoms with Gasteiger partial charge in [0.05, 0.1) is 28.6 Å². The molecule has 29 heavy (non-hydrogen) atoms. The molecule has 0 radical (unpaired) electrons. The molecule has 1 fully saturated rings. The van der Waals surface area contributed by atoms with Crippen LogP contribution in [-0.4, -0.2) is 24.5 Å². The Balaban J connectivity index is 1.81. The van der Waals surface area contributed by atoms with E-state index in [0.29, 0.717) is 29.9 Å². The van der Waals surface area contributed by atoms with Crippen molar-refractivity contribution in [3.63, 3.8) is 0 Å². The van der Waals surface area contributed by atoms with E-state index in [-0.39, 0.29) is 11.7 Å². The van der Waals surface area contributed by atoms with Gasteiger partial charge in [-0.15, -0.1) is 0 Å². The molecule has 0 unspecified atom stereocenters. The van der Waals surface area contributed by atoms with E-state index in [1.54, 1.807) is 18.3 Å². The summed E-state index contributed by atoms with van der Waals surface area (Å²) >= 11 is 0. The van der Waals surface area contributed by atoms with Gasteiger partial charge in [-0.2, -0.15) is 0 Å². The average molecular weight is 390 g/mol. The zero-order valence-electron chi connectivity index (χ0n) is 16.8. The number of imidazole rings is 1. The molecule has 0 bridgehead atoms. The van der Waals surface area contributed by atoms with Crippen LogP contribution >= 0.6 is 0 Å². The van der Waals surface area contributed by atoms with Crippen molar-refractivity contribution in [3.05, 3.63) is 59.3 Å². The quantitative estimate of drug-likeness (QED) is 0.541. The summed E-state index contributed by atoms with van der Waals surface area (Å²) in [7, 11) is 0. The molecule has 5 rings (SSSR count). The standard InChI is InChI=1S/C23H23FN4O/c1-13(2)18-7-8-19-22(27-18)28-20(14(3)26-19)12-25-21(28)16-11-15(5-6-17(16)24)23(29)9-4-10-23/h5-8,11-13,29H,4,9-10H2,1-3H3. The molecule has 3 heterocycles. The topological polar surface area (TPSA) is 63.3 Å². The van der Waals surface area contributed by atoms with Crippen molar-refractivity contribution in [2.24, 2.45) is 0 Å². The number of pyridine rings is 1. The number of benzene rings is 1. The van der Waals surface area contributed by atoms with Crippen LogP contribution in [0.2, 0.25) is 0 Å². The Bertz CT molecular complexity index is 1260. The van der Waals surface area contributed by atoms with Crippen LogP contribution in [0, 0.1) is 12.7 Å². The Morgan fingerprint density at radius 2 is 1.93 bits per heavy atom. The van der Waals surface area contributed by atoms with Crippen LogP contribution in [0.4, 0.5) is 4.39 Å². The first-order valence-electron chi connectivity index (χ1n) is 10.0. The number of aromatic nitrogens is 4. The van der Waals surface area contributed by atoms with Crippen LogP contribution in [0.3, 0.4) is 0 Å². The smallest absolute Gasteiger partial charge is 0.165 e. The highest BCUT2D eigenvalue weighted by molar-refractivity contribution is 5.80. The third-order valence-corrected chi connectivity index (χ3v) is 6.03. The maximum Gasteiger partial charge on any atom is 0.165 e. The van der Waals surface area contributed by atoms with Gasteiger partial charge in [-0.1, -0.05) is 19.9 Å². The lowest BCUT2D eigenvalue weighted by atomic mass is 9.75. The van der Waals surface area contributed by atoms with Gasteiger partial charge in [0, 0.05) is 5.69 Å². The number of halogens is 1. The summed E-state index contributed by atoms with van der Waals surface area (Å²) in [5.74, 6) is 0.369. The van der Waals surface area contributed by atoms with Crippen LogP contribution in [0.15, 0.2) is 36.5 Å². The fourth-order valence-corrected chi connectivity index (χ4v) is 4.06. The zero-order chi connectivity index (χ0) is 20.3. The van der Waals surface area contributed by atoms with Crippen LogP contribution in [0.25, 0.3) is 28.1 Å². The van der Waals surface area contributed by atoms with E-state index < -0.39 is 5.60 Å². The third-order valence-electron chi connectivity index (χ3n) is 6.03. The van der Waals surface area contributed by atoms with Crippen LogP contribution in [0.5, 0.6) is 0 Å². The molecule has 148 valence electrons. The molecule has 0 aliphatic heterocycles. The summed E-state index contributed by atoms with van der Waals surface area (Å²) in [5, 5.41) is 10.7. The number of aliphatic hydroxyl groups is 1. The predicted octanol–water partition coefficient (Wildman–Crippen LogP) is 4.89. The number of hydrogen-bond acceptors (Lipinski definition) is 4. The van der Waals surface area contributed by atoms with Gasteiger partial charge in [0.1, 0.15) is 17.2 Å². The van der Waals surface area contributed by atoms with Crippen molar-refractivity contribution in [1.29, 1.82) is 0 Å². The highest BCUT2D eigenvalue weighted by Gasteiger charge is 2.36. The second-order valence-electron chi connectivity index (χ2n) is 8.31. The Kier molecular flexibility index (Phi) is 3.96. The molecule has 0 spiro atoms. The second-order valence-corrected chi connectivity index (χ2v) is 8.31. The van der Waals surface area contributed by atoms with Crippen LogP contribution in [-0.2, 0) is 5.60 Å².